The summed E-state index contributed by atoms with van der Waals surface area (Å²) in [6, 6.07) is 4.55. The normalized spacial score (nSPS) is 25.3. The number of fused-ring (bicyclic) bond motifs is 1. The number of allylic oxidation sites excluding steroid dienone is 8. The molecule has 0 heterocycles. The molecule has 2 aliphatic rings. The van der Waals surface area contributed by atoms with Crippen LogP contribution in [0.1, 0.15) is 0 Å². The van der Waals surface area contributed by atoms with Gasteiger partial charge in [0.15, 0.2) is 11.7 Å². The fourth-order valence-electron chi connectivity index (χ4n) is 2.76. The molecule has 0 saturated heterocycles. The molecule has 26 heavy (non-hydrogen) atoms. The van der Waals surface area contributed by atoms with Gasteiger partial charge in [0, 0.05) is 5.57 Å². The zero-order valence-electron chi connectivity index (χ0n) is 12.4. The Labute approximate surface area is 142 Å². The molecule has 0 aromatic carbocycles. The Morgan fingerprint density at radius 2 is 1.35 bits per heavy atom. The third kappa shape index (κ3) is 2.44. The fourth-order valence-corrected chi connectivity index (χ4v) is 2.76. The van der Waals surface area contributed by atoms with Gasteiger partial charge in [0.1, 0.15) is 47.3 Å². The van der Waals surface area contributed by atoms with E-state index in [-0.39, 0.29) is 0 Å². The van der Waals surface area contributed by atoms with Crippen LogP contribution in [0.5, 0.6) is 0 Å². The summed E-state index contributed by atoms with van der Waals surface area (Å²) in [5.41, 5.74) is -4.23. The molecule has 130 valence electrons. The predicted molar refractivity (Wildman–Crippen MR) is 71.5 cm³/mol. The van der Waals surface area contributed by atoms with Crippen LogP contribution in [0.3, 0.4) is 0 Å². The van der Waals surface area contributed by atoms with Gasteiger partial charge in [0.2, 0.25) is 0 Å². The van der Waals surface area contributed by atoms with Crippen molar-refractivity contribution >= 4 is 0 Å². The minimum absolute atomic E-state index is 1.09. The van der Waals surface area contributed by atoms with Gasteiger partial charge in [-0.3, -0.25) is 0 Å². The summed E-state index contributed by atoms with van der Waals surface area (Å²) in [5, 5.41) is 34.9. The second kappa shape index (κ2) is 6.78. The van der Waals surface area contributed by atoms with Gasteiger partial charge < -0.3 is 0 Å². The van der Waals surface area contributed by atoms with Crippen LogP contribution in [0, 0.1) is 63.1 Å². The minimum atomic E-state index is -2.97. The summed E-state index contributed by atoms with van der Waals surface area (Å²) in [6.07, 6.45) is -2.97. The van der Waals surface area contributed by atoms with Crippen molar-refractivity contribution in [1.82, 2.24) is 0 Å². The maximum atomic E-state index is 14.5. The molecule has 0 aliphatic heterocycles. The average molecular weight is 366 g/mol. The lowest BCUT2D eigenvalue weighted by Gasteiger charge is -2.33. The maximum Gasteiger partial charge on any atom is 0.167 e. The van der Waals surface area contributed by atoms with E-state index in [1.165, 1.54) is 12.1 Å². The molecule has 0 spiro atoms. The first-order valence-electron chi connectivity index (χ1n) is 6.74. The van der Waals surface area contributed by atoms with Crippen LogP contribution in [0.25, 0.3) is 0 Å². The lowest BCUT2D eigenvalue weighted by Crippen LogP contribution is -2.34. The van der Waals surface area contributed by atoms with Gasteiger partial charge in [0.25, 0.3) is 0 Å². The summed E-state index contributed by atoms with van der Waals surface area (Å²) in [5.74, 6) is -17.5. The Morgan fingerprint density at radius 1 is 0.808 bits per heavy atom. The highest BCUT2D eigenvalue weighted by molar-refractivity contribution is 5.59. The van der Waals surface area contributed by atoms with E-state index in [0.29, 0.717) is 0 Å². The van der Waals surface area contributed by atoms with Crippen molar-refractivity contribution in [3.05, 3.63) is 45.9 Å². The highest BCUT2D eigenvalue weighted by atomic mass is 19.2. The van der Waals surface area contributed by atoms with Crippen molar-refractivity contribution in [2.45, 2.75) is 6.17 Å². The first-order valence-corrected chi connectivity index (χ1v) is 6.74. The molecule has 0 N–H and O–H groups in total. The van der Waals surface area contributed by atoms with Crippen molar-refractivity contribution in [3.63, 3.8) is 0 Å². The number of hydrogen-bond acceptors (Lipinski definition) is 4. The van der Waals surface area contributed by atoms with E-state index < -0.39 is 69.8 Å². The highest BCUT2D eigenvalue weighted by Crippen LogP contribution is 2.53. The van der Waals surface area contributed by atoms with E-state index in [1.807, 2.05) is 0 Å². The molecule has 0 radical (unpaired) electrons. The topological polar surface area (TPSA) is 95.2 Å². The Bertz CT molecular complexity index is 946. The summed E-state index contributed by atoms with van der Waals surface area (Å²) in [4.78, 5) is 0. The molecule has 0 aromatic rings. The first kappa shape index (κ1) is 18.8. The van der Waals surface area contributed by atoms with E-state index in [4.69, 9.17) is 21.0 Å². The summed E-state index contributed by atoms with van der Waals surface area (Å²) in [6.45, 7) is 0. The SMILES string of the molecule is N#CC(C#N)=C1C(F)=C(F)C2=C(F)C(C(C#N)C#N)C(F)=C(F)C2C1F. The van der Waals surface area contributed by atoms with Crippen LogP contribution >= 0.6 is 0 Å². The van der Waals surface area contributed by atoms with Crippen LogP contribution < -0.4 is 0 Å². The van der Waals surface area contributed by atoms with Gasteiger partial charge in [-0.05, 0) is 0 Å². The van der Waals surface area contributed by atoms with Crippen molar-refractivity contribution in [2.75, 3.05) is 0 Å². The molecule has 4 nitrogen and oxygen atoms in total. The highest BCUT2D eigenvalue weighted by Gasteiger charge is 2.52. The summed E-state index contributed by atoms with van der Waals surface area (Å²) in [7, 11) is 0. The predicted octanol–water partition coefficient (Wildman–Crippen LogP) is 4.12. The number of hydrogen-bond donors (Lipinski definition) is 0. The van der Waals surface area contributed by atoms with Gasteiger partial charge in [-0.25, -0.2) is 26.3 Å². The largest absolute Gasteiger partial charge is 0.241 e. The standard InChI is InChI=1S/C16H4F6N4/c17-11-7(5(1-23)2-24)13(19)15(21)10-9(11)16(22)14(20)8(12(10)18)6(3-25)4-26/h5,7,10,12H. The van der Waals surface area contributed by atoms with Gasteiger partial charge in [-0.2, -0.15) is 21.0 Å². The second-order valence-corrected chi connectivity index (χ2v) is 5.19. The Morgan fingerprint density at radius 3 is 1.81 bits per heavy atom. The molecule has 3 unspecified atom stereocenters. The number of nitrogens with zero attached hydrogens (tertiary/aromatic N) is 4. The van der Waals surface area contributed by atoms with Gasteiger partial charge >= 0.3 is 0 Å². The van der Waals surface area contributed by atoms with Gasteiger partial charge in [-0.15, -0.1) is 0 Å². The molecule has 10 heteroatoms. The molecular formula is C16H4F6N4. The number of rotatable bonds is 1. The van der Waals surface area contributed by atoms with Crippen LogP contribution in [0.2, 0.25) is 0 Å². The van der Waals surface area contributed by atoms with Crippen LogP contribution in [-0.4, -0.2) is 6.17 Å². The maximum absolute atomic E-state index is 14.5. The molecule has 3 atom stereocenters. The smallest absolute Gasteiger partial charge is 0.167 e. The third-order valence-corrected chi connectivity index (χ3v) is 3.95. The van der Waals surface area contributed by atoms with Crippen molar-refractivity contribution in [1.29, 1.82) is 21.0 Å². The zero-order chi connectivity index (χ0) is 19.8. The molecule has 0 aromatic heterocycles. The van der Waals surface area contributed by atoms with Crippen molar-refractivity contribution < 1.29 is 26.3 Å². The van der Waals surface area contributed by atoms with Crippen LogP contribution in [-0.2, 0) is 0 Å². The van der Waals surface area contributed by atoms with Crippen LogP contribution in [0.15, 0.2) is 45.9 Å². The Hall–Kier alpha value is -3.50. The van der Waals surface area contributed by atoms with E-state index in [9.17, 15) is 26.3 Å². The van der Waals surface area contributed by atoms with Gasteiger partial charge in [0.05, 0.1) is 29.5 Å². The first-order chi connectivity index (χ1) is 12.3. The minimum Gasteiger partial charge on any atom is -0.241 e. The summed E-state index contributed by atoms with van der Waals surface area (Å²) >= 11 is 0. The van der Waals surface area contributed by atoms with E-state index >= 15 is 0 Å². The van der Waals surface area contributed by atoms with E-state index in [1.54, 1.807) is 0 Å². The molecule has 0 bridgehead atoms. The Kier molecular flexibility index (Phi) is 4.91. The molecule has 0 saturated carbocycles. The fraction of sp³-hybridized carbons (Fsp3) is 0.250. The molecular weight excluding hydrogens is 362 g/mol. The zero-order valence-corrected chi connectivity index (χ0v) is 12.4. The number of nitriles is 4. The third-order valence-electron chi connectivity index (χ3n) is 3.95. The van der Waals surface area contributed by atoms with E-state index in [0.717, 1.165) is 12.1 Å². The second-order valence-electron chi connectivity index (χ2n) is 5.19. The summed E-state index contributed by atoms with van der Waals surface area (Å²) < 4.78 is 85.9. The molecule has 0 fully saturated rings. The monoisotopic (exact) mass is 366 g/mol. The van der Waals surface area contributed by atoms with Crippen molar-refractivity contribution in [3.8, 4) is 24.3 Å². The lowest BCUT2D eigenvalue weighted by molar-refractivity contribution is 0.234. The molecule has 0 amide bonds. The number of alkyl halides is 1. The van der Waals surface area contributed by atoms with Crippen LogP contribution in [0.4, 0.5) is 26.3 Å². The molecule has 2 rings (SSSR count). The quantitative estimate of drug-likeness (QED) is 0.515. The van der Waals surface area contributed by atoms with E-state index in [2.05, 4.69) is 0 Å². The lowest BCUT2D eigenvalue weighted by atomic mass is 9.73. The van der Waals surface area contributed by atoms with Crippen molar-refractivity contribution in [2.24, 2.45) is 17.8 Å². The average Bonchev–Trinajstić information content (AvgIpc) is 2.63. The van der Waals surface area contributed by atoms with Gasteiger partial charge in [-0.1, -0.05) is 0 Å². The molecule has 2 aliphatic carbocycles. The number of halogens is 6. The Balaban J connectivity index is 2.88.